The molecule has 0 spiro atoms. The van der Waals surface area contributed by atoms with Crippen LogP contribution in [0.2, 0.25) is 0 Å². The summed E-state index contributed by atoms with van der Waals surface area (Å²) in [6, 6.07) is 2.33. The molecule has 1 aromatic carbocycles. The zero-order valence-corrected chi connectivity index (χ0v) is 44.7. The Hall–Kier alpha value is -5.22. The fourth-order valence-corrected chi connectivity index (χ4v) is 10.1. The van der Waals surface area contributed by atoms with Gasteiger partial charge in [-0.15, -0.1) is 5.06 Å². The van der Waals surface area contributed by atoms with Gasteiger partial charge in [0.2, 0.25) is 23.6 Å². The summed E-state index contributed by atoms with van der Waals surface area (Å²) in [7, 11) is 6.33. The number of aliphatic hydroxyl groups is 1. The van der Waals surface area contributed by atoms with Crippen LogP contribution in [0.1, 0.15) is 124 Å². The third kappa shape index (κ3) is 16.6. The van der Waals surface area contributed by atoms with Crippen LogP contribution < -0.4 is 10.6 Å². The van der Waals surface area contributed by atoms with Crippen LogP contribution >= 0.6 is 0 Å². The van der Waals surface area contributed by atoms with Crippen molar-refractivity contribution in [1.82, 2.24) is 35.5 Å². The average Bonchev–Trinajstić information content (AvgIpc) is 3.98. The zero-order valence-electron chi connectivity index (χ0n) is 44.7. The lowest BCUT2D eigenvalue weighted by Gasteiger charge is -2.41. The number of hydrogen-bond acceptors (Lipinski definition) is 15. The van der Waals surface area contributed by atoms with Crippen molar-refractivity contribution in [3.8, 4) is 5.75 Å². The van der Waals surface area contributed by atoms with Gasteiger partial charge in [-0.3, -0.25) is 43.3 Å². The maximum atomic E-state index is 14.6. The van der Waals surface area contributed by atoms with Crippen molar-refractivity contribution >= 4 is 47.3 Å². The van der Waals surface area contributed by atoms with E-state index < -0.39 is 89.9 Å². The highest BCUT2D eigenvalue weighted by molar-refractivity contribution is 6.01. The Labute approximate surface area is 430 Å². The van der Waals surface area contributed by atoms with Gasteiger partial charge < -0.3 is 45.0 Å². The molecule has 4 N–H and O–H groups in total. The fourth-order valence-electron chi connectivity index (χ4n) is 10.1. The molecule has 0 saturated carbocycles. The molecule has 1 aromatic rings. The van der Waals surface area contributed by atoms with Crippen LogP contribution in [0.5, 0.6) is 5.75 Å². The number of amides is 7. The van der Waals surface area contributed by atoms with E-state index in [1.54, 1.807) is 47.9 Å². The SMILES string of the molecule is CC[C@H](C)[C@@H]([C@@H](CC(=O)N1CCC[C@H]1[C@H](OC)[C@@H](C)C(=O)N[C@@H](Cc1ccc(O)cc1)C(=O)N1CCCCO1)OC)N(C)C(=O)[C@@H](NC(=O)C([C@@H](C)O)N(C)CCCCCC(=O)ON1C(=O)CCC1=O)C(C)C. The number of hydrogen-bond donors (Lipinski definition) is 4. The number of carbonyl (C=O) groups is 8. The molecule has 7 amide bonds. The summed E-state index contributed by atoms with van der Waals surface area (Å²) in [5.41, 5.74) is 0.727. The number of ether oxygens (including phenoxy) is 2. The fraction of sp³-hybridized carbons (Fsp3) is 0.731. The van der Waals surface area contributed by atoms with Gasteiger partial charge in [0.1, 0.15) is 23.9 Å². The number of rotatable bonds is 28. The number of nitrogens with zero attached hydrogens (tertiary/aromatic N) is 5. The number of likely N-dealkylation sites (tertiary alicyclic amines) is 1. The Balaban J connectivity index is 1.41. The second kappa shape index (κ2) is 29.0. The van der Waals surface area contributed by atoms with Gasteiger partial charge in [-0.2, -0.15) is 0 Å². The number of benzene rings is 1. The molecule has 73 heavy (non-hydrogen) atoms. The van der Waals surface area contributed by atoms with Crippen LogP contribution in [0.4, 0.5) is 0 Å². The summed E-state index contributed by atoms with van der Waals surface area (Å²) in [5, 5.41) is 28.4. The van der Waals surface area contributed by atoms with Crippen molar-refractivity contribution in [2.45, 2.75) is 174 Å². The molecule has 3 aliphatic heterocycles. The Bertz CT molecular complexity index is 2000. The highest BCUT2D eigenvalue weighted by atomic mass is 16.7. The molecular weight excluding hydrogens is 947 g/mol. The number of imide groups is 1. The second-order valence-electron chi connectivity index (χ2n) is 20.3. The first kappa shape index (κ1) is 60.3. The summed E-state index contributed by atoms with van der Waals surface area (Å²) >= 11 is 0. The molecule has 1 unspecified atom stereocenters. The quantitative estimate of drug-likeness (QED) is 0.0696. The number of carbonyl (C=O) groups excluding carboxylic acids is 8. The molecule has 4 rings (SSSR count). The van der Waals surface area contributed by atoms with E-state index in [-0.39, 0.29) is 61.5 Å². The first-order chi connectivity index (χ1) is 34.6. The van der Waals surface area contributed by atoms with Gasteiger partial charge >= 0.3 is 5.97 Å². The van der Waals surface area contributed by atoms with Crippen LogP contribution in [-0.4, -0.2) is 185 Å². The third-order valence-corrected chi connectivity index (χ3v) is 14.5. The van der Waals surface area contributed by atoms with E-state index in [1.807, 2.05) is 27.7 Å². The maximum Gasteiger partial charge on any atom is 0.333 e. The van der Waals surface area contributed by atoms with Gasteiger partial charge in [0.05, 0.1) is 49.3 Å². The Morgan fingerprint density at radius 3 is 2.11 bits per heavy atom. The monoisotopic (exact) mass is 1030 g/mol. The van der Waals surface area contributed by atoms with Crippen LogP contribution in [0.3, 0.4) is 0 Å². The number of hydroxylamine groups is 4. The van der Waals surface area contributed by atoms with Crippen molar-refractivity contribution in [3.05, 3.63) is 29.8 Å². The average molecular weight is 1030 g/mol. The lowest BCUT2D eigenvalue weighted by Crippen LogP contribution is -2.60. The van der Waals surface area contributed by atoms with Gasteiger partial charge in [0.15, 0.2) is 0 Å². The number of phenols is 1. The van der Waals surface area contributed by atoms with E-state index in [4.69, 9.17) is 19.1 Å². The van der Waals surface area contributed by atoms with Crippen molar-refractivity contribution in [1.29, 1.82) is 0 Å². The summed E-state index contributed by atoms with van der Waals surface area (Å²) < 4.78 is 12.1. The number of likely N-dealkylation sites (N-methyl/N-ethyl adjacent to an activating group) is 2. The van der Waals surface area contributed by atoms with Crippen LogP contribution in [0.25, 0.3) is 0 Å². The van der Waals surface area contributed by atoms with Crippen molar-refractivity contribution in [2.75, 3.05) is 54.6 Å². The first-order valence-corrected chi connectivity index (χ1v) is 26.0. The predicted molar refractivity (Wildman–Crippen MR) is 267 cm³/mol. The van der Waals surface area contributed by atoms with E-state index in [2.05, 4.69) is 10.6 Å². The number of aromatic hydroxyl groups is 1. The molecule has 3 aliphatic rings. The highest BCUT2D eigenvalue weighted by Gasteiger charge is 2.44. The molecule has 3 saturated heterocycles. The topological polar surface area (TPSA) is 254 Å². The lowest BCUT2D eigenvalue weighted by molar-refractivity contribution is -0.199. The summed E-state index contributed by atoms with van der Waals surface area (Å²) in [6.45, 7) is 12.3. The number of aliphatic hydroxyl groups excluding tert-OH is 1. The summed E-state index contributed by atoms with van der Waals surface area (Å²) in [5.74, 6) is -5.05. The largest absolute Gasteiger partial charge is 0.508 e. The summed E-state index contributed by atoms with van der Waals surface area (Å²) in [6.07, 6.45) is 2.38. The summed E-state index contributed by atoms with van der Waals surface area (Å²) in [4.78, 5) is 122. The van der Waals surface area contributed by atoms with E-state index in [0.717, 1.165) is 18.4 Å². The molecular formula is C52H83N7O14. The van der Waals surface area contributed by atoms with Gasteiger partial charge in [0.25, 0.3) is 17.7 Å². The number of methoxy groups -OCH3 is 2. The van der Waals surface area contributed by atoms with Gasteiger partial charge in [-0.05, 0) is 88.6 Å². The van der Waals surface area contributed by atoms with Crippen LogP contribution in [0, 0.1) is 17.8 Å². The van der Waals surface area contributed by atoms with Crippen molar-refractivity contribution in [2.24, 2.45) is 17.8 Å². The second-order valence-corrected chi connectivity index (χ2v) is 20.3. The maximum absolute atomic E-state index is 14.6. The van der Waals surface area contributed by atoms with Crippen molar-refractivity contribution in [3.63, 3.8) is 0 Å². The van der Waals surface area contributed by atoms with Crippen LogP contribution in [-0.2, 0) is 63.9 Å². The number of nitrogens with one attached hydrogen (secondary N) is 2. The molecule has 21 heteroatoms. The molecule has 3 heterocycles. The van der Waals surface area contributed by atoms with E-state index in [9.17, 15) is 48.6 Å². The molecule has 21 nitrogen and oxygen atoms in total. The molecule has 10 atom stereocenters. The molecule has 0 aromatic heterocycles. The standard InChI is InChI=1S/C52H83N7O14/c1-11-33(4)46(56(8)52(69)45(32(2)3)54-50(67)47(35(6)60)55(7)26-14-12-13-19-44(65)73-59-41(62)24-25-42(59)63)40(70-9)31-43(64)57-27-17-18-39(57)48(71-10)34(5)49(66)53-38(30-36-20-22-37(61)23-21-36)51(68)58-28-15-16-29-72-58/h20-23,32-35,38-40,45-48,60-61H,11-19,24-31H2,1-10H3,(H,53,66)(H,54,67)/t33-,34+,35+,38-,39-,40+,45-,46-,47?,48+/m0/s1. The van der Waals surface area contributed by atoms with Crippen molar-refractivity contribution < 1.29 is 67.7 Å². The normalized spacial score (nSPS) is 20.0. The Morgan fingerprint density at radius 1 is 0.863 bits per heavy atom. The minimum Gasteiger partial charge on any atom is -0.508 e. The minimum atomic E-state index is -1.12. The van der Waals surface area contributed by atoms with E-state index >= 15 is 0 Å². The smallest absolute Gasteiger partial charge is 0.333 e. The number of phenolic OH excluding ortho intramolecular Hbond substituents is 1. The molecule has 410 valence electrons. The molecule has 0 aliphatic carbocycles. The van der Waals surface area contributed by atoms with Crippen LogP contribution in [0.15, 0.2) is 24.3 Å². The Morgan fingerprint density at radius 2 is 1.53 bits per heavy atom. The van der Waals surface area contributed by atoms with Gasteiger partial charge in [0, 0.05) is 60.0 Å². The first-order valence-electron chi connectivity index (χ1n) is 26.0. The molecule has 3 fully saturated rings. The van der Waals surface area contributed by atoms with E-state index in [0.29, 0.717) is 69.8 Å². The zero-order chi connectivity index (χ0) is 54.1. The van der Waals surface area contributed by atoms with E-state index in [1.165, 1.54) is 38.3 Å². The van der Waals surface area contributed by atoms with Gasteiger partial charge in [-0.25, -0.2) is 9.86 Å². The van der Waals surface area contributed by atoms with Gasteiger partial charge in [-0.1, -0.05) is 59.6 Å². The predicted octanol–water partition coefficient (Wildman–Crippen LogP) is 2.88. The molecule has 0 bridgehead atoms. The molecule has 0 radical (unpaired) electrons. The third-order valence-electron chi connectivity index (χ3n) is 14.5. The Kier molecular flexibility index (Phi) is 24.0. The highest BCUT2D eigenvalue weighted by Crippen LogP contribution is 2.30. The lowest BCUT2D eigenvalue weighted by atomic mass is 9.89. The minimum absolute atomic E-state index is 0.00700. The number of unbranched alkanes of at least 4 members (excludes halogenated alkanes) is 2.